The Bertz CT molecular complexity index is 614. The summed E-state index contributed by atoms with van der Waals surface area (Å²) in [4.78, 5) is 2.47. The fraction of sp³-hybridized carbons (Fsp3) is 0.579. The van der Waals surface area contributed by atoms with Crippen LogP contribution in [0.4, 0.5) is 0 Å². The molecule has 0 N–H and O–H groups in total. The number of ether oxygens (including phenoxy) is 3. The highest BCUT2D eigenvalue weighted by Crippen LogP contribution is 2.36. The van der Waals surface area contributed by atoms with Crippen LogP contribution in [0.15, 0.2) is 30.0 Å². The van der Waals surface area contributed by atoms with E-state index in [0.717, 1.165) is 50.9 Å². The quantitative estimate of drug-likeness (QED) is 0.785. The van der Waals surface area contributed by atoms with E-state index in [2.05, 4.69) is 47.1 Å². The first kappa shape index (κ1) is 18.0. The van der Waals surface area contributed by atoms with Crippen LogP contribution in [0.1, 0.15) is 18.5 Å². The summed E-state index contributed by atoms with van der Waals surface area (Å²) >= 11 is 0. The number of methoxy groups -OCH3 is 2. The van der Waals surface area contributed by atoms with Gasteiger partial charge in [-0.25, -0.2) is 5.01 Å². The number of hydrazine groups is 1. The van der Waals surface area contributed by atoms with Gasteiger partial charge in [-0.1, -0.05) is 6.07 Å². The second-order valence-corrected chi connectivity index (χ2v) is 6.52. The molecule has 0 amide bonds. The molecule has 1 aromatic carbocycles. The lowest BCUT2D eigenvalue weighted by atomic mass is 10.1. The van der Waals surface area contributed by atoms with E-state index in [-0.39, 0.29) is 6.04 Å². The molecule has 25 heavy (non-hydrogen) atoms. The smallest absolute Gasteiger partial charge is 0.161 e. The Balaban J connectivity index is 1.68. The van der Waals surface area contributed by atoms with E-state index in [1.54, 1.807) is 14.2 Å². The topological polar surface area (TPSA) is 37.4 Å². The standard InChI is InChI=1S/C19H29N3O3/c1-15-13-17(16-5-6-18(23-3)19(14-16)24-4)20(2)22(15)8-7-21-9-11-25-12-10-21/h5-6,13-14,17H,7-12H2,1-4H3. The van der Waals surface area contributed by atoms with E-state index in [4.69, 9.17) is 14.2 Å². The fourth-order valence-corrected chi connectivity index (χ4v) is 3.57. The Morgan fingerprint density at radius 1 is 1.08 bits per heavy atom. The Morgan fingerprint density at radius 2 is 1.80 bits per heavy atom. The van der Waals surface area contributed by atoms with Crippen LogP contribution in [0.2, 0.25) is 0 Å². The molecule has 0 bridgehead atoms. The number of nitrogens with zero attached hydrogens (tertiary/aromatic N) is 3. The van der Waals surface area contributed by atoms with Crippen LogP contribution >= 0.6 is 0 Å². The van der Waals surface area contributed by atoms with E-state index in [1.165, 1.54) is 11.3 Å². The predicted octanol–water partition coefficient (Wildman–Crippen LogP) is 2.14. The summed E-state index contributed by atoms with van der Waals surface area (Å²) in [5.41, 5.74) is 2.49. The second-order valence-electron chi connectivity index (χ2n) is 6.52. The van der Waals surface area contributed by atoms with Crippen molar-refractivity contribution in [3.8, 4) is 11.5 Å². The fourth-order valence-electron chi connectivity index (χ4n) is 3.57. The largest absolute Gasteiger partial charge is 0.493 e. The van der Waals surface area contributed by atoms with Crippen LogP contribution in [0, 0.1) is 0 Å². The number of morpholine rings is 1. The van der Waals surface area contributed by atoms with Gasteiger partial charge in [-0.05, 0) is 30.7 Å². The van der Waals surface area contributed by atoms with Crippen LogP contribution in [-0.2, 0) is 4.74 Å². The van der Waals surface area contributed by atoms with E-state index >= 15 is 0 Å². The Morgan fingerprint density at radius 3 is 2.48 bits per heavy atom. The van der Waals surface area contributed by atoms with Crippen molar-refractivity contribution in [3.63, 3.8) is 0 Å². The van der Waals surface area contributed by atoms with Gasteiger partial charge >= 0.3 is 0 Å². The maximum atomic E-state index is 5.46. The Labute approximate surface area is 150 Å². The van der Waals surface area contributed by atoms with Crippen molar-refractivity contribution in [3.05, 3.63) is 35.5 Å². The lowest BCUT2D eigenvalue weighted by molar-refractivity contribution is 0.00237. The van der Waals surface area contributed by atoms with E-state index in [1.807, 2.05) is 6.07 Å². The number of rotatable bonds is 6. The summed E-state index contributed by atoms with van der Waals surface area (Å²) in [6, 6.07) is 6.36. The first-order valence-corrected chi connectivity index (χ1v) is 8.84. The van der Waals surface area contributed by atoms with Gasteiger partial charge in [0.2, 0.25) is 0 Å². The summed E-state index contributed by atoms with van der Waals surface area (Å²) in [7, 11) is 5.49. The molecule has 1 unspecified atom stereocenters. The van der Waals surface area contributed by atoms with Gasteiger partial charge in [-0.15, -0.1) is 0 Å². The molecule has 0 aliphatic carbocycles. The lowest BCUT2D eigenvalue weighted by Crippen LogP contribution is -2.44. The summed E-state index contributed by atoms with van der Waals surface area (Å²) in [6.07, 6.45) is 2.31. The summed E-state index contributed by atoms with van der Waals surface area (Å²) in [5, 5.41) is 4.66. The van der Waals surface area contributed by atoms with Crippen molar-refractivity contribution in [2.45, 2.75) is 13.0 Å². The molecule has 138 valence electrons. The van der Waals surface area contributed by atoms with Crippen LogP contribution in [0.5, 0.6) is 11.5 Å². The van der Waals surface area contributed by atoms with Crippen LogP contribution in [-0.4, -0.2) is 75.6 Å². The molecule has 6 nitrogen and oxygen atoms in total. The molecular formula is C19H29N3O3. The number of likely N-dealkylation sites (N-methyl/N-ethyl adjacent to an activating group) is 1. The third-order valence-corrected chi connectivity index (χ3v) is 5.07. The zero-order valence-corrected chi connectivity index (χ0v) is 15.7. The number of allylic oxidation sites excluding steroid dienone is 1. The van der Waals surface area contributed by atoms with Gasteiger partial charge in [0.05, 0.1) is 33.5 Å². The van der Waals surface area contributed by atoms with Crippen LogP contribution in [0.25, 0.3) is 0 Å². The molecule has 0 radical (unpaired) electrons. The molecule has 2 aliphatic rings. The van der Waals surface area contributed by atoms with Gasteiger partial charge in [0.15, 0.2) is 11.5 Å². The third kappa shape index (κ3) is 3.92. The molecule has 1 aromatic rings. The molecular weight excluding hydrogens is 318 g/mol. The highest BCUT2D eigenvalue weighted by atomic mass is 16.5. The molecule has 1 saturated heterocycles. The number of hydrogen-bond donors (Lipinski definition) is 0. The van der Waals surface area contributed by atoms with Crippen molar-refractivity contribution in [2.75, 3.05) is 60.7 Å². The minimum absolute atomic E-state index is 0.212. The summed E-state index contributed by atoms with van der Waals surface area (Å²) in [6.45, 7) is 7.97. The normalized spacial score (nSPS) is 22.2. The van der Waals surface area contributed by atoms with Gasteiger partial charge < -0.3 is 19.2 Å². The molecule has 0 spiro atoms. The summed E-state index contributed by atoms with van der Waals surface area (Å²) in [5.74, 6) is 1.53. The first-order valence-electron chi connectivity index (χ1n) is 8.84. The number of hydrogen-bond acceptors (Lipinski definition) is 6. The minimum atomic E-state index is 0.212. The zero-order chi connectivity index (χ0) is 17.8. The van der Waals surface area contributed by atoms with E-state index in [0.29, 0.717) is 0 Å². The van der Waals surface area contributed by atoms with Gasteiger partial charge in [0.25, 0.3) is 0 Å². The van der Waals surface area contributed by atoms with E-state index < -0.39 is 0 Å². The van der Waals surface area contributed by atoms with E-state index in [9.17, 15) is 0 Å². The number of benzene rings is 1. The average Bonchev–Trinajstić information content (AvgIpc) is 2.94. The maximum Gasteiger partial charge on any atom is 0.161 e. The molecule has 2 heterocycles. The van der Waals surface area contributed by atoms with Crippen LogP contribution in [0.3, 0.4) is 0 Å². The molecule has 6 heteroatoms. The highest BCUT2D eigenvalue weighted by molar-refractivity contribution is 5.45. The monoisotopic (exact) mass is 347 g/mol. The summed E-state index contributed by atoms with van der Waals surface area (Å²) < 4.78 is 16.2. The Kier molecular flexibility index (Phi) is 5.83. The third-order valence-electron chi connectivity index (χ3n) is 5.07. The van der Waals surface area contributed by atoms with Gasteiger partial charge in [0.1, 0.15) is 0 Å². The lowest BCUT2D eigenvalue weighted by Gasteiger charge is -2.35. The zero-order valence-electron chi connectivity index (χ0n) is 15.7. The molecule has 0 aromatic heterocycles. The highest BCUT2D eigenvalue weighted by Gasteiger charge is 2.29. The van der Waals surface area contributed by atoms with Crippen molar-refractivity contribution < 1.29 is 14.2 Å². The molecule has 3 rings (SSSR count). The average molecular weight is 347 g/mol. The van der Waals surface area contributed by atoms with Gasteiger partial charge in [0, 0.05) is 38.9 Å². The van der Waals surface area contributed by atoms with Crippen molar-refractivity contribution in [2.24, 2.45) is 0 Å². The second kappa shape index (κ2) is 8.08. The van der Waals surface area contributed by atoms with Crippen molar-refractivity contribution >= 4 is 0 Å². The molecule has 0 saturated carbocycles. The van der Waals surface area contributed by atoms with Crippen molar-refractivity contribution in [1.29, 1.82) is 0 Å². The molecule has 1 fully saturated rings. The predicted molar refractivity (Wildman–Crippen MR) is 97.8 cm³/mol. The first-order chi connectivity index (χ1) is 12.1. The SMILES string of the molecule is COc1ccc(C2C=C(C)N(CCN3CCOCC3)N2C)cc1OC. The maximum absolute atomic E-state index is 5.46. The van der Waals surface area contributed by atoms with Crippen LogP contribution < -0.4 is 9.47 Å². The molecule has 1 atom stereocenters. The van der Waals surface area contributed by atoms with Crippen molar-refractivity contribution in [1.82, 2.24) is 14.9 Å². The Hall–Kier alpha value is -1.76. The minimum Gasteiger partial charge on any atom is -0.493 e. The molecule has 2 aliphatic heterocycles. The van der Waals surface area contributed by atoms with Gasteiger partial charge in [-0.2, -0.15) is 0 Å². The van der Waals surface area contributed by atoms with Gasteiger partial charge in [-0.3, -0.25) is 4.90 Å².